The Labute approximate surface area is 149 Å². The summed E-state index contributed by atoms with van der Waals surface area (Å²) in [5, 5.41) is 5.84. The number of carbonyl (C=O) groups excluding carboxylic acids is 1. The molecule has 0 bridgehead atoms. The molecule has 2 heterocycles. The van der Waals surface area contributed by atoms with Crippen molar-refractivity contribution in [3.8, 4) is 0 Å². The summed E-state index contributed by atoms with van der Waals surface area (Å²) < 4.78 is 38.3. The van der Waals surface area contributed by atoms with Gasteiger partial charge in [0.05, 0.1) is 12.1 Å². The Morgan fingerprint density at radius 3 is 2.88 bits per heavy atom. The molecule has 1 fully saturated rings. The lowest BCUT2D eigenvalue weighted by Gasteiger charge is -2.35. The molecule has 0 aliphatic carbocycles. The molecule has 3 rings (SSSR count). The fourth-order valence-corrected chi connectivity index (χ4v) is 3.00. The van der Waals surface area contributed by atoms with Gasteiger partial charge in [-0.15, -0.1) is 0 Å². The Kier molecular flexibility index (Phi) is 5.53. The van der Waals surface area contributed by atoms with Crippen molar-refractivity contribution in [2.75, 3.05) is 31.5 Å². The Bertz CT molecular complexity index is 752. The van der Waals surface area contributed by atoms with Gasteiger partial charge in [-0.05, 0) is 29.8 Å². The average Bonchev–Trinajstić information content (AvgIpc) is 2.62. The van der Waals surface area contributed by atoms with Gasteiger partial charge in [0.25, 0.3) is 0 Å². The number of hydrogen-bond donors (Lipinski definition) is 2. The second kappa shape index (κ2) is 7.84. The van der Waals surface area contributed by atoms with Crippen LogP contribution in [0, 0.1) is 0 Å². The maximum Gasteiger partial charge on any atom is 0.416 e. The zero-order valence-corrected chi connectivity index (χ0v) is 14.0. The van der Waals surface area contributed by atoms with E-state index in [1.165, 1.54) is 12.1 Å². The van der Waals surface area contributed by atoms with Crippen LogP contribution < -0.4 is 10.6 Å². The van der Waals surface area contributed by atoms with Gasteiger partial charge in [0.1, 0.15) is 0 Å². The predicted octanol–water partition coefficient (Wildman–Crippen LogP) is 2.69. The Hall–Kier alpha value is -2.45. The molecule has 1 saturated heterocycles. The largest absolute Gasteiger partial charge is 0.416 e. The van der Waals surface area contributed by atoms with Crippen LogP contribution in [0.1, 0.15) is 17.2 Å². The number of amides is 1. The second-order valence-electron chi connectivity index (χ2n) is 6.10. The average molecular weight is 364 g/mol. The van der Waals surface area contributed by atoms with E-state index in [9.17, 15) is 18.0 Å². The smallest absolute Gasteiger partial charge is 0.325 e. The number of carbonyl (C=O) groups is 1. The highest BCUT2D eigenvalue weighted by atomic mass is 19.4. The number of benzene rings is 1. The fraction of sp³-hybridized carbons (Fsp3) is 0.333. The third kappa shape index (κ3) is 4.59. The van der Waals surface area contributed by atoms with Crippen LogP contribution in [0.4, 0.5) is 18.9 Å². The fourth-order valence-electron chi connectivity index (χ4n) is 3.00. The van der Waals surface area contributed by atoms with Gasteiger partial charge in [-0.1, -0.05) is 12.1 Å². The molecular formula is C18H19F3N4O. The molecule has 2 aromatic rings. The van der Waals surface area contributed by atoms with Gasteiger partial charge in [0.15, 0.2) is 0 Å². The van der Waals surface area contributed by atoms with E-state index in [0.717, 1.165) is 24.2 Å². The van der Waals surface area contributed by atoms with E-state index < -0.39 is 11.7 Å². The first-order valence-corrected chi connectivity index (χ1v) is 8.25. The van der Waals surface area contributed by atoms with Crippen LogP contribution >= 0.6 is 0 Å². The summed E-state index contributed by atoms with van der Waals surface area (Å²) in [5.74, 6) is -0.347. The van der Waals surface area contributed by atoms with E-state index in [1.807, 2.05) is 17.0 Å². The zero-order valence-electron chi connectivity index (χ0n) is 14.0. The van der Waals surface area contributed by atoms with Crippen molar-refractivity contribution in [2.45, 2.75) is 12.2 Å². The minimum absolute atomic E-state index is 0.00953. The number of alkyl halides is 3. The van der Waals surface area contributed by atoms with Crippen LogP contribution in [-0.4, -0.2) is 42.0 Å². The monoisotopic (exact) mass is 364 g/mol. The molecule has 1 aromatic heterocycles. The third-order valence-electron chi connectivity index (χ3n) is 4.24. The van der Waals surface area contributed by atoms with Crippen molar-refractivity contribution in [3.05, 3.63) is 59.9 Å². The summed E-state index contributed by atoms with van der Waals surface area (Å²) in [6.45, 7) is 2.18. The molecular weight excluding hydrogens is 345 g/mol. The summed E-state index contributed by atoms with van der Waals surface area (Å²) in [4.78, 5) is 18.5. The van der Waals surface area contributed by atoms with E-state index in [1.54, 1.807) is 12.4 Å². The number of aromatic nitrogens is 1. The summed E-state index contributed by atoms with van der Waals surface area (Å²) in [6, 6.07) is 8.42. The van der Waals surface area contributed by atoms with E-state index in [0.29, 0.717) is 13.1 Å². The first-order valence-electron chi connectivity index (χ1n) is 8.25. The molecule has 1 unspecified atom stereocenters. The Morgan fingerprint density at radius 2 is 2.15 bits per heavy atom. The zero-order chi connectivity index (χ0) is 18.6. The molecule has 0 saturated carbocycles. The number of nitrogens with zero attached hydrogens (tertiary/aromatic N) is 2. The highest BCUT2D eigenvalue weighted by Crippen LogP contribution is 2.30. The van der Waals surface area contributed by atoms with Crippen LogP contribution in [0.15, 0.2) is 48.8 Å². The molecule has 1 amide bonds. The molecule has 0 radical (unpaired) electrons. The number of halogens is 3. The van der Waals surface area contributed by atoms with Gasteiger partial charge < -0.3 is 10.6 Å². The van der Waals surface area contributed by atoms with Crippen molar-refractivity contribution < 1.29 is 18.0 Å². The topological polar surface area (TPSA) is 57.3 Å². The maximum absolute atomic E-state index is 12.8. The van der Waals surface area contributed by atoms with Gasteiger partial charge in [-0.2, -0.15) is 13.2 Å². The predicted molar refractivity (Wildman–Crippen MR) is 91.5 cm³/mol. The first kappa shape index (κ1) is 18.3. The van der Waals surface area contributed by atoms with E-state index in [2.05, 4.69) is 15.6 Å². The molecule has 1 aliphatic rings. The highest BCUT2D eigenvalue weighted by molar-refractivity contribution is 5.92. The molecule has 5 nitrogen and oxygen atoms in total. The summed E-state index contributed by atoms with van der Waals surface area (Å²) in [5.41, 5.74) is 0.343. The normalized spacial score (nSPS) is 18.5. The highest BCUT2D eigenvalue weighted by Gasteiger charge is 2.30. The standard InChI is InChI=1S/C18H19F3N4O/c19-18(20,21)14-4-1-5-15(9-14)24-17(26)12-25-8-7-23-11-16(25)13-3-2-6-22-10-13/h1-6,9-10,16,23H,7-8,11-12H2,(H,24,26). The van der Waals surface area contributed by atoms with Crippen molar-refractivity contribution >= 4 is 11.6 Å². The van der Waals surface area contributed by atoms with Crippen molar-refractivity contribution in [3.63, 3.8) is 0 Å². The van der Waals surface area contributed by atoms with Gasteiger partial charge in [0, 0.05) is 43.8 Å². The second-order valence-corrected chi connectivity index (χ2v) is 6.10. The van der Waals surface area contributed by atoms with Crippen LogP contribution in [0.2, 0.25) is 0 Å². The van der Waals surface area contributed by atoms with E-state index >= 15 is 0 Å². The molecule has 2 N–H and O–H groups in total. The van der Waals surface area contributed by atoms with Crippen LogP contribution in [0.25, 0.3) is 0 Å². The van der Waals surface area contributed by atoms with E-state index in [4.69, 9.17) is 0 Å². The van der Waals surface area contributed by atoms with Crippen molar-refractivity contribution in [1.29, 1.82) is 0 Å². The van der Waals surface area contributed by atoms with Crippen LogP contribution in [-0.2, 0) is 11.0 Å². The van der Waals surface area contributed by atoms with Gasteiger partial charge in [-0.3, -0.25) is 14.7 Å². The molecule has 138 valence electrons. The van der Waals surface area contributed by atoms with Gasteiger partial charge in [0.2, 0.25) is 5.91 Å². The van der Waals surface area contributed by atoms with Gasteiger partial charge in [-0.25, -0.2) is 0 Å². The van der Waals surface area contributed by atoms with Crippen LogP contribution in [0.3, 0.4) is 0 Å². The number of anilines is 1. The minimum atomic E-state index is -4.44. The first-order chi connectivity index (χ1) is 12.4. The third-order valence-corrected chi connectivity index (χ3v) is 4.24. The lowest BCUT2D eigenvalue weighted by molar-refractivity contribution is -0.137. The molecule has 1 atom stereocenters. The molecule has 8 heteroatoms. The lowest BCUT2D eigenvalue weighted by atomic mass is 10.1. The number of hydrogen-bond acceptors (Lipinski definition) is 4. The quantitative estimate of drug-likeness (QED) is 0.876. The number of pyridine rings is 1. The lowest BCUT2D eigenvalue weighted by Crippen LogP contribution is -2.48. The Balaban J connectivity index is 1.67. The summed E-state index contributed by atoms with van der Waals surface area (Å²) in [6.07, 6.45) is -0.996. The number of rotatable bonds is 4. The SMILES string of the molecule is O=C(CN1CCNCC1c1cccnc1)Nc1cccc(C(F)(F)F)c1. The maximum atomic E-state index is 12.8. The number of nitrogens with one attached hydrogen (secondary N) is 2. The Morgan fingerprint density at radius 1 is 1.31 bits per heavy atom. The molecule has 1 aromatic carbocycles. The minimum Gasteiger partial charge on any atom is -0.325 e. The van der Waals surface area contributed by atoms with Gasteiger partial charge >= 0.3 is 6.18 Å². The summed E-state index contributed by atoms with van der Waals surface area (Å²) >= 11 is 0. The van der Waals surface area contributed by atoms with Crippen molar-refractivity contribution in [1.82, 2.24) is 15.2 Å². The van der Waals surface area contributed by atoms with E-state index in [-0.39, 0.29) is 24.2 Å². The summed E-state index contributed by atoms with van der Waals surface area (Å²) in [7, 11) is 0. The van der Waals surface area contributed by atoms with Crippen molar-refractivity contribution in [2.24, 2.45) is 0 Å². The molecule has 26 heavy (non-hydrogen) atoms. The number of piperazine rings is 1. The molecule has 0 spiro atoms. The molecule has 1 aliphatic heterocycles. The van der Waals surface area contributed by atoms with Crippen LogP contribution in [0.5, 0.6) is 0 Å².